The molecule has 1 aromatic heterocycles. The Hall–Kier alpha value is -2.16. The number of rotatable bonds is 8. The van der Waals surface area contributed by atoms with E-state index in [0.29, 0.717) is 26.7 Å². The molecule has 1 heterocycles. The summed E-state index contributed by atoms with van der Waals surface area (Å²) in [5.41, 5.74) is 0.999. The number of carbonyl (C=O) groups is 1. The van der Waals surface area contributed by atoms with Gasteiger partial charge in [0, 0.05) is 10.8 Å². The molecule has 0 saturated carbocycles. The fourth-order valence-corrected chi connectivity index (χ4v) is 4.32. The van der Waals surface area contributed by atoms with Crippen molar-refractivity contribution in [3.05, 3.63) is 64.9 Å². The molecule has 1 amide bonds. The van der Waals surface area contributed by atoms with Crippen LogP contribution in [0, 0.1) is 5.82 Å². The lowest BCUT2D eigenvalue weighted by atomic mass is 10.2. The van der Waals surface area contributed by atoms with Crippen LogP contribution < -0.4 is 10.1 Å². The summed E-state index contributed by atoms with van der Waals surface area (Å²) in [5.74, 6) is -0.221. The van der Waals surface area contributed by atoms with Crippen molar-refractivity contribution in [3.8, 4) is 5.75 Å². The predicted molar refractivity (Wildman–Crippen MR) is 111 cm³/mol. The van der Waals surface area contributed by atoms with E-state index in [1.54, 1.807) is 19.1 Å². The van der Waals surface area contributed by atoms with Crippen molar-refractivity contribution in [1.82, 2.24) is 10.2 Å². The van der Waals surface area contributed by atoms with Crippen molar-refractivity contribution in [1.29, 1.82) is 0 Å². The number of para-hydroxylation sites is 1. The highest BCUT2D eigenvalue weighted by Gasteiger charge is 2.21. The number of hydrogen-bond donors (Lipinski definition) is 1. The molecular formula is C19H17ClFN3O2S2. The van der Waals surface area contributed by atoms with Gasteiger partial charge in [-0.3, -0.25) is 10.1 Å². The fourth-order valence-electron chi connectivity index (χ4n) is 2.28. The van der Waals surface area contributed by atoms with E-state index in [-0.39, 0.29) is 5.75 Å². The van der Waals surface area contributed by atoms with E-state index in [1.807, 2.05) is 24.3 Å². The zero-order chi connectivity index (χ0) is 19.9. The molecule has 1 N–H and O–H groups in total. The molecule has 0 aliphatic heterocycles. The van der Waals surface area contributed by atoms with Gasteiger partial charge in [0.25, 0.3) is 5.91 Å². The minimum absolute atomic E-state index is 0.0396. The van der Waals surface area contributed by atoms with E-state index in [1.165, 1.54) is 35.2 Å². The minimum atomic E-state index is -0.833. The number of carbonyl (C=O) groups excluding carboxylic acids is 1. The van der Waals surface area contributed by atoms with Crippen molar-refractivity contribution in [3.63, 3.8) is 0 Å². The zero-order valence-electron chi connectivity index (χ0n) is 14.9. The molecule has 3 rings (SSSR count). The molecule has 0 spiro atoms. The Morgan fingerprint density at radius 1 is 1.25 bits per heavy atom. The van der Waals surface area contributed by atoms with Gasteiger partial charge in [0.15, 0.2) is 22.0 Å². The minimum Gasteiger partial charge on any atom is -0.478 e. The number of aromatic nitrogens is 2. The molecule has 3 aromatic rings. The van der Waals surface area contributed by atoms with Gasteiger partial charge in [-0.15, -0.1) is 10.2 Å². The van der Waals surface area contributed by atoms with Crippen molar-refractivity contribution in [2.75, 3.05) is 5.32 Å². The normalized spacial score (nSPS) is 11.8. The van der Waals surface area contributed by atoms with Gasteiger partial charge in [-0.2, -0.15) is 0 Å². The molecule has 28 heavy (non-hydrogen) atoms. The summed E-state index contributed by atoms with van der Waals surface area (Å²) >= 11 is 8.89. The van der Waals surface area contributed by atoms with Crippen LogP contribution in [0.5, 0.6) is 5.75 Å². The molecule has 0 radical (unpaired) electrons. The first-order valence-corrected chi connectivity index (χ1v) is 10.7. The van der Waals surface area contributed by atoms with Crippen molar-refractivity contribution in [2.24, 2.45) is 0 Å². The molecule has 0 aliphatic carbocycles. The Bertz CT molecular complexity index is 954. The topological polar surface area (TPSA) is 64.1 Å². The number of amides is 1. The van der Waals surface area contributed by atoms with Crippen molar-refractivity contribution >= 4 is 45.7 Å². The highest BCUT2D eigenvalue weighted by atomic mass is 35.5. The number of benzene rings is 2. The van der Waals surface area contributed by atoms with Crippen LogP contribution in [0.2, 0.25) is 5.02 Å². The van der Waals surface area contributed by atoms with Crippen LogP contribution in [0.25, 0.3) is 0 Å². The third kappa shape index (κ3) is 5.43. The highest BCUT2D eigenvalue weighted by Crippen LogP contribution is 2.30. The van der Waals surface area contributed by atoms with Crippen LogP contribution >= 0.6 is 34.7 Å². The summed E-state index contributed by atoms with van der Waals surface area (Å²) in [6.07, 6.45) is -0.451. The van der Waals surface area contributed by atoms with E-state index < -0.39 is 17.8 Å². The fraction of sp³-hybridized carbons (Fsp3) is 0.211. The van der Waals surface area contributed by atoms with Crippen molar-refractivity contribution < 1.29 is 13.9 Å². The number of nitrogens with zero attached hydrogens (tertiary/aromatic N) is 2. The van der Waals surface area contributed by atoms with Gasteiger partial charge in [0.05, 0.1) is 0 Å². The van der Waals surface area contributed by atoms with Gasteiger partial charge in [-0.25, -0.2) is 4.39 Å². The number of nitrogens with one attached hydrogen (secondary N) is 1. The van der Waals surface area contributed by atoms with E-state index in [2.05, 4.69) is 15.5 Å². The monoisotopic (exact) mass is 437 g/mol. The smallest absolute Gasteiger partial charge is 0.267 e. The van der Waals surface area contributed by atoms with Crippen LogP contribution in [-0.4, -0.2) is 22.2 Å². The highest BCUT2D eigenvalue weighted by molar-refractivity contribution is 8.00. The Morgan fingerprint density at radius 2 is 2.00 bits per heavy atom. The Kier molecular flexibility index (Phi) is 7.24. The maximum atomic E-state index is 13.7. The van der Waals surface area contributed by atoms with Gasteiger partial charge in [-0.05, 0) is 30.2 Å². The standard InChI is InChI=1S/C19H17ClFN3O2S2/c1-2-15(26-16-10-6-5-9-14(16)21)17(25)22-18-23-24-19(28-18)27-11-12-7-3-4-8-13(12)20/h3-10,15H,2,11H2,1H3,(H,22,23,25)/t15-/m1/s1. The average molecular weight is 438 g/mol. The maximum absolute atomic E-state index is 13.7. The number of hydrogen-bond acceptors (Lipinski definition) is 6. The van der Waals surface area contributed by atoms with Crippen LogP contribution in [-0.2, 0) is 10.5 Å². The molecule has 2 aromatic carbocycles. The summed E-state index contributed by atoms with van der Waals surface area (Å²) < 4.78 is 20.0. The molecule has 0 unspecified atom stereocenters. The SMILES string of the molecule is CC[C@@H](Oc1ccccc1F)C(=O)Nc1nnc(SCc2ccccc2Cl)s1. The lowest BCUT2D eigenvalue weighted by molar-refractivity contribution is -0.122. The second kappa shape index (κ2) is 9.86. The zero-order valence-corrected chi connectivity index (χ0v) is 17.3. The average Bonchev–Trinajstić information content (AvgIpc) is 3.14. The van der Waals surface area contributed by atoms with Crippen molar-refractivity contribution in [2.45, 2.75) is 29.5 Å². The first kappa shape index (κ1) is 20.6. The molecule has 0 saturated heterocycles. The van der Waals surface area contributed by atoms with Crippen LogP contribution in [0.4, 0.5) is 9.52 Å². The summed E-state index contributed by atoms with van der Waals surface area (Å²) in [6.45, 7) is 1.79. The Morgan fingerprint density at radius 3 is 2.75 bits per heavy atom. The van der Waals surface area contributed by atoms with Gasteiger partial charge >= 0.3 is 0 Å². The second-order valence-electron chi connectivity index (χ2n) is 5.69. The Balaban J connectivity index is 1.58. The van der Waals surface area contributed by atoms with Gasteiger partial charge < -0.3 is 4.74 Å². The molecule has 0 aliphatic rings. The van der Waals surface area contributed by atoms with E-state index in [4.69, 9.17) is 16.3 Å². The Labute approximate surface area is 175 Å². The van der Waals surface area contributed by atoms with Gasteiger partial charge in [0.1, 0.15) is 0 Å². The summed E-state index contributed by atoms with van der Waals surface area (Å²) in [4.78, 5) is 12.4. The molecule has 5 nitrogen and oxygen atoms in total. The van der Waals surface area contributed by atoms with Crippen LogP contribution in [0.3, 0.4) is 0 Å². The van der Waals surface area contributed by atoms with Crippen LogP contribution in [0.1, 0.15) is 18.9 Å². The summed E-state index contributed by atoms with van der Waals surface area (Å²) in [5, 5.41) is 11.8. The third-order valence-corrected chi connectivity index (χ3v) is 6.10. The largest absolute Gasteiger partial charge is 0.478 e. The third-order valence-electron chi connectivity index (χ3n) is 3.71. The number of halogens is 2. The van der Waals surface area contributed by atoms with Gasteiger partial charge in [-0.1, -0.05) is 72.0 Å². The maximum Gasteiger partial charge on any atom is 0.267 e. The number of ether oxygens (including phenoxy) is 1. The number of anilines is 1. The lowest BCUT2D eigenvalue weighted by Gasteiger charge is -2.16. The predicted octanol–water partition coefficient (Wildman–Crippen LogP) is 5.42. The summed E-state index contributed by atoms with van der Waals surface area (Å²) in [7, 11) is 0. The molecule has 146 valence electrons. The molecule has 0 fully saturated rings. The van der Waals surface area contributed by atoms with Crippen LogP contribution in [0.15, 0.2) is 52.9 Å². The van der Waals surface area contributed by atoms with Gasteiger partial charge in [0.2, 0.25) is 5.13 Å². The van der Waals surface area contributed by atoms with E-state index >= 15 is 0 Å². The second-order valence-corrected chi connectivity index (χ2v) is 8.29. The summed E-state index contributed by atoms with van der Waals surface area (Å²) in [6, 6.07) is 13.6. The molecule has 0 bridgehead atoms. The molecule has 9 heteroatoms. The first-order valence-electron chi connectivity index (χ1n) is 8.48. The number of thioether (sulfide) groups is 1. The van der Waals surface area contributed by atoms with E-state index in [0.717, 1.165) is 5.56 Å². The molecule has 1 atom stereocenters. The first-order chi connectivity index (χ1) is 13.6. The quantitative estimate of drug-likeness (QED) is 0.376. The molecular weight excluding hydrogens is 421 g/mol. The lowest BCUT2D eigenvalue weighted by Crippen LogP contribution is -2.32. The van der Waals surface area contributed by atoms with E-state index in [9.17, 15) is 9.18 Å².